The average molecular weight is 407 g/mol. The standard InChI is InChI=1S/C22H24F3NO3/c23-22(24,25)17-7-9-18(10-8-17)27-14-16-4-3-11-26(12-16)13-19-15-28-20-5-1-2-6-21(20)29-19/h1-2,5-10,16,19H,3-4,11-15H2/t16-,19-/m1/s1. The van der Waals surface area contributed by atoms with Crippen molar-refractivity contribution in [3.8, 4) is 17.2 Å². The van der Waals surface area contributed by atoms with Gasteiger partial charge in [0.25, 0.3) is 0 Å². The Hall–Kier alpha value is -2.41. The van der Waals surface area contributed by atoms with Crippen LogP contribution in [-0.4, -0.2) is 43.9 Å². The van der Waals surface area contributed by atoms with Crippen LogP contribution in [0.25, 0.3) is 0 Å². The molecule has 0 saturated carbocycles. The minimum absolute atomic E-state index is 0.0144. The lowest BCUT2D eigenvalue weighted by Gasteiger charge is -2.36. The Labute approximate surface area is 168 Å². The molecular formula is C22H24F3NO3. The summed E-state index contributed by atoms with van der Waals surface area (Å²) in [5.41, 5.74) is -0.662. The molecule has 2 aliphatic rings. The summed E-state index contributed by atoms with van der Waals surface area (Å²) >= 11 is 0. The quantitative estimate of drug-likeness (QED) is 0.723. The largest absolute Gasteiger partial charge is 0.493 e. The molecule has 2 heterocycles. The highest BCUT2D eigenvalue weighted by atomic mass is 19.4. The van der Waals surface area contributed by atoms with Crippen LogP contribution in [0.15, 0.2) is 48.5 Å². The van der Waals surface area contributed by atoms with Gasteiger partial charge in [0.15, 0.2) is 11.5 Å². The summed E-state index contributed by atoms with van der Waals surface area (Å²) in [5, 5.41) is 0. The van der Waals surface area contributed by atoms with Crippen LogP contribution in [-0.2, 0) is 6.18 Å². The van der Waals surface area contributed by atoms with Crippen molar-refractivity contribution in [1.29, 1.82) is 0 Å². The number of para-hydroxylation sites is 2. The van der Waals surface area contributed by atoms with Crippen molar-refractivity contribution in [3.63, 3.8) is 0 Å². The maximum Gasteiger partial charge on any atom is 0.416 e. The third-order valence-corrected chi connectivity index (χ3v) is 5.30. The zero-order chi connectivity index (χ0) is 20.3. The van der Waals surface area contributed by atoms with Crippen molar-refractivity contribution < 1.29 is 27.4 Å². The molecule has 0 unspecified atom stereocenters. The number of benzene rings is 2. The monoisotopic (exact) mass is 407 g/mol. The molecule has 0 spiro atoms. The number of rotatable bonds is 5. The lowest BCUT2D eigenvalue weighted by Crippen LogP contribution is -2.45. The van der Waals surface area contributed by atoms with Crippen LogP contribution in [0.1, 0.15) is 18.4 Å². The van der Waals surface area contributed by atoms with Gasteiger partial charge in [-0.1, -0.05) is 12.1 Å². The first kappa shape index (κ1) is 19.9. The number of ether oxygens (including phenoxy) is 3. The fraction of sp³-hybridized carbons (Fsp3) is 0.455. The van der Waals surface area contributed by atoms with Gasteiger partial charge in [0.2, 0.25) is 0 Å². The van der Waals surface area contributed by atoms with Gasteiger partial charge in [0, 0.05) is 19.0 Å². The minimum atomic E-state index is -4.33. The number of halogens is 3. The molecule has 1 fully saturated rings. The Bertz CT molecular complexity index is 810. The smallest absolute Gasteiger partial charge is 0.416 e. The van der Waals surface area contributed by atoms with Gasteiger partial charge < -0.3 is 14.2 Å². The summed E-state index contributed by atoms with van der Waals surface area (Å²) in [7, 11) is 0. The molecule has 7 heteroatoms. The molecule has 0 amide bonds. The van der Waals surface area contributed by atoms with E-state index in [0.29, 0.717) is 24.9 Å². The number of hydrogen-bond acceptors (Lipinski definition) is 4. The van der Waals surface area contributed by atoms with Crippen molar-refractivity contribution in [3.05, 3.63) is 54.1 Å². The minimum Gasteiger partial charge on any atom is -0.493 e. The van der Waals surface area contributed by atoms with Crippen molar-refractivity contribution in [2.24, 2.45) is 5.92 Å². The number of fused-ring (bicyclic) bond motifs is 1. The SMILES string of the molecule is FC(F)(F)c1ccc(OC[C@@H]2CCCN(C[C@@H]3COc4ccccc4O3)C2)cc1. The van der Waals surface area contributed by atoms with Crippen LogP contribution in [0.3, 0.4) is 0 Å². The summed E-state index contributed by atoms with van der Waals surface area (Å²) in [6, 6.07) is 12.6. The van der Waals surface area contributed by atoms with E-state index < -0.39 is 11.7 Å². The fourth-order valence-corrected chi connectivity index (χ4v) is 3.85. The third kappa shape index (κ3) is 5.15. The summed E-state index contributed by atoms with van der Waals surface area (Å²) in [4.78, 5) is 2.35. The van der Waals surface area contributed by atoms with E-state index >= 15 is 0 Å². The van der Waals surface area contributed by atoms with Gasteiger partial charge in [0.05, 0.1) is 12.2 Å². The lowest BCUT2D eigenvalue weighted by molar-refractivity contribution is -0.137. The molecule has 4 rings (SSSR count). The maximum absolute atomic E-state index is 12.6. The van der Waals surface area contributed by atoms with Crippen molar-refractivity contribution in [2.75, 3.05) is 32.8 Å². The molecule has 4 nitrogen and oxygen atoms in total. The van der Waals surface area contributed by atoms with E-state index in [1.54, 1.807) is 0 Å². The molecule has 0 aromatic heterocycles. The highest BCUT2D eigenvalue weighted by Gasteiger charge is 2.30. The van der Waals surface area contributed by atoms with E-state index in [0.717, 1.165) is 56.1 Å². The van der Waals surface area contributed by atoms with Gasteiger partial charge in [-0.2, -0.15) is 13.2 Å². The molecule has 2 aromatic rings. The van der Waals surface area contributed by atoms with Crippen LogP contribution in [0, 0.1) is 5.92 Å². The molecule has 156 valence electrons. The van der Waals surface area contributed by atoms with Crippen molar-refractivity contribution in [2.45, 2.75) is 25.1 Å². The zero-order valence-corrected chi connectivity index (χ0v) is 16.0. The Morgan fingerprint density at radius 1 is 1.03 bits per heavy atom. The Kier molecular flexibility index (Phi) is 5.85. The summed E-state index contributed by atoms with van der Waals surface area (Å²) in [5.74, 6) is 2.37. The van der Waals surface area contributed by atoms with Crippen molar-refractivity contribution in [1.82, 2.24) is 4.90 Å². The number of hydrogen-bond donors (Lipinski definition) is 0. The number of piperidine rings is 1. The van der Waals surface area contributed by atoms with Crippen LogP contribution in [0.2, 0.25) is 0 Å². The van der Waals surface area contributed by atoms with Gasteiger partial charge >= 0.3 is 6.18 Å². The van der Waals surface area contributed by atoms with E-state index in [1.807, 2.05) is 24.3 Å². The van der Waals surface area contributed by atoms with Crippen LogP contribution < -0.4 is 14.2 Å². The zero-order valence-electron chi connectivity index (χ0n) is 16.0. The van der Waals surface area contributed by atoms with Gasteiger partial charge in [0.1, 0.15) is 18.5 Å². The molecule has 2 aliphatic heterocycles. The molecule has 2 atom stereocenters. The average Bonchev–Trinajstić information content (AvgIpc) is 2.72. The predicted molar refractivity (Wildman–Crippen MR) is 102 cm³/mol. The Balaban J connectivity index is 1.26. The normalized spacial score (nSPS) is 22.3. The molecule has 0 radical (unpaired) electrons. The van der Waals surface area contributed by atoms with Crippen LogP contribution in [0.5, 0.6) is 17.2 Å². The molecule has 2 aromatic carbocycles. The maximum atomic E-state index is 12.6. The molecule has 0 N–H and O–H groups in total. The molecule has 0 aliphatic carbocycles. The highest BCUT2D eigenvalue weighted by molar-refractivity contribution is 5.40. The number of likely N-dealkylation sites (tertiary alicyclic amines) is 1. The van der Waals surface area contributed by atoms with Gasteiger partial charge in [-0.05, 0) is 55.8 Å². The molecular weight excluding hydrogens is 383 g/mol. The summed E-state index contributed by atoms with van der Waals surface area (Å²) in [6.07, 6.45) is -2.24. The van der Waals surface area contributed by atoms with E-state index in [-0.39, 0.29) is 6.10 Å². The van der Waals surface area contributed by atoms with Crippen LogP contribution in [0.4, 0.5) is 13.2 Å². The number of alkyl halides is 3. The molecule has 0 bridgehead atoms. The Morgan fingerprint density at radius 3 is 2.55 bits per heavy atom. The second-order valence-corrected chi connectivity index (χ2v) is 7.60. The molecule has 1 saturated heterocycles. The molecule has 29 heavy (non-hydrogen) atoms. The van der Waals surface area contributed by atoms with E-state index in [9.17, 15) is 13.2 Å². The van der Waals surface area contributed by atoms with Gasteiger partial charge in [-0.3, -0.25) is 4.90 Å². The first-order valence-corrected chi connectivity index (χ1v) is 9.88. The third-order valence-electron chi connectivity index (χ3n) is 5.30. The van der Waals surface area contributed by atoms with Crippen LogP contribution >= 0.6 is 0 Å². The van der Waals surface area contributed by atoms with Gasteiger partial charge in [-0.25, -0.2) is 0 Å². The van der Waals surface area contributed by atoms with Crippen molar-refractivity contribution >= 4 is 0 Å². The summed E-state index contributed by atoms with van der Waals surface area (Å²) in [6.45, 7) is 3.68. The summed E-state index contributed by atoms with van der Waals surface area (Å²) < 4.78 is 55.5. The lowest BCUT2D eigenvalue weighted by atomic mass is 9.98. The van der Waals surface area contributed by atoms with E-state index in [4.69, 9.17) is 14.2 Å². The fourth-order valence-electron chi connectivity index (χ4n) is 3.85. The van der Waals surface area contributed by atoms with Gasteiger partial charge in [-0.15, -0.1) is 0 Å². The number of nitrogens with zero attached hydrogens (tertiary/aromatic N) is 1. The van der Waals surface area contributed by atoms with E-state index in [2.05, 4.69) is 4.90 Å². The highest BCUT2D eigenvalue weighted by Crippen LogP contribution is 2.32. The first-order chi connectivity index (χ1) is 14.0. The second-order valence-electron chi connectivity index (χ2n) is 7.60. The van der Waals surface area contributed by atoms with E-state index in [1.165, 1.54) is 12.1 Å². The second kappa shape index (κ2) is 8.53. The Morgan fingerprint density at radius 2 is 1.79 bits per heavy atom. The predicted octanol–water partition coefficient (Wildman–Crippen LogP) is 4.64. The first-order valence-electron chi connectivity index (χ1n) is 9.88. The topological polar surface area (TPSA) is 30.9 Å².